The number of rotatable bonds is 7. The lowest BCUT2D eigenvalue weighted by atomic mass is 10.1. The standard InChI is InChI=1S/C20H26N2OS/c1-5-22(15(2)3)14-16-10-12-17(13-11-16)20(23)21-18-8-6-7-9-19(18)24-4/h6-13,15H,5,14H2,1-4H3,(H,21,23). The van der Waals surface area contributed by atoms with Crippen LogP contribution in [0.2, 0.25) is 0 Å². The zero-order valence-electron chi connectivity index (χ0n) is 14.9. The molecule has 128 valence electrons. The van der Waals surface area contributed by atoms with Gasteiger partial charge in [0.2, 0.25) is 0 Å². The number of benzene rings is 2. The van der Waals surface area contributed by atoms with Crippen molar-refractivity contribution in [2.75, 3.05) is 18.1 Å². The second-order valence-electron chi connectivity index (χ2n) is 6.01. The third kappa shape index (κ3) is 4.86. The van der Waals surface area contributed by atoms with E-state index in [2.05, 4.69) is 31.0 Å². The van der Waals surface area contributed by atoms with Gasteiger partial charge in [0.25, 0.3) is 5.91 Å². The van der Waals surface area contributed by atoms with Crippen LogP contribution in [0.5, 0.6) is 0 Å². The zero-order chi connectivity index (χ0) is 17.5. The summed E-state index contributed by atoms with van der Waals surface area (Å²) in [6, 6.07) is 16.3. The maximum Gasteiger partial charge on any atom is 0.255 e. The topological polar surface area (TPSA) is 32.3 Å². The van der Waals surface area contributed by atoms with E-state index in [-0.39, 0.29) is 5.91 Å². The Hall–Kier alpha value is -1.78. The minimum absolute atomic E-state index is 0.0701. The summed E-state index contributed by atoms with van der Waals surface area (Å²) in [5, 5.41) is 3.00. The highest BCUT2D eigenvalue weighted by Gasteiger charge is 2.10. The van der Waals surface area contributed by atoms with Gasteiger partial charge in [0.05, 0.1) is 5.69 Å². The summed E-state index contributed by atoms with van der Waals surface area (Å²) in [5.74, 6) is -0.0701. The van der Waals surface area contributed by atoms with Gasteiger partial charge in [-0.1, -0.05) is 31.2 Å². The van der Waals surface area contributed by atoms with Crippen molar-refractivity contribution in [3.63, 3.8) is 0 Å². The Morgan fingerprint density at radius 2 is 1.79 bits per heavy atom. The molecule has 2 aromatic rings. The van der Waals surface area contributed by atoms with Crippen molar-refractivity contribution in [2.45, 2.75) is 38.3 Å². The van der Waals surface area contributed by atoms with Crippen LogP contribution in [-0.2, 0) is 6.54 Å². The number of anilines is 1. The van der Waals surface area contributed by atoms with Gasteiger partial charge in [0.15, 0.2) is 0 Å². The van der Waals surface area contributed by atoms with Crippen molar-refractivity contribution in [3.8, 4) is 0 Å². The Morgan fingerprint density at radius 3 is 2.38 bits per heavy atom. The molecular weight excluding hydrogens is 316 g/mol. The molecule has 2 aromatic carbocycles. The van der Waals surface area contributed by atoms with E-state index < -0.39 is 0 Å². The Labute approximate surface area is 149 Å². The van der Waals surface area contributed by atoms with E-state index in [1.165, 1.54) is 5.56 Å². The van der Waals surface area contributed by atoms with E-state index in [9.17, 15) is 4.79 Å². The highest BCUT2D eigenvalue weighted by atomic mass is 32.2. The third-order valence-corrected chi connectivity index (χ3v) is 4.89. The number of nitrogens with one attached hydrogen (secondary N) is 1. The van der Waals surface area contributed by atoms with Crippen molar-refractivity contribution in [1.29, 1.82) is 0 Å². The fourth-order valence-electron chi connectivity index (χ4n) is 2.60. The highest BCUT2D eigenvalue weighted by molar-refractivity contribution is 7.98. The quantitative estimate of drug-likeness (QED) is 0.727. The number of hydrogen-bond acceptors (Lipinski definition) is 3. The van der Waals surface area contributed by atoms with Crippen LogP contribution >= 0.6 is 11.8 Å². The zero-order valence-corrected chi connectivity index (χ0v) is 15.7. The van der Waals surface area contributed by atoms with Crippen molar-refractivity contribution in [2.24, 2.45) is 0 Å². The number of amides is 1. The van der Waals surface area contributed by atoms with Crippen molar-refractivity contribution >= 4 is 23.4 Å². The summed E-state index contributed by atoms with van der Waals surface area (Å²) in [6.07, 6.45) is 2.01. The fraction of sp³-hybridized carbons (Fsp3) is 0.350. The van der Waals surface area contributed by atoms with Crippen LogP contribution in [0.3, 0.4) is 0 Å². The van der Waals surface area contributed by atoms with Crippen LogP contribution in [0.15, 0.2) is 53.4 Å². The summed E-state index contributed by atoms with van der Waals surface area (Å²) in [7, 11) is 0. The monoisotopic (exact) mass is 342 g/mol. The van der Waals surface area contributed by atoms with Gasteiger partial charge in [0, 0.05) is 23.0 Å². The summed E-state index contributed by atoms with van der Waals surface area (Å²) in [5.41, 5.74) is 2.77. The number of carbonyl (C=O) groups excluding carboxylic acids is 1. The van der Waals surface area contributed by atoms with Crippen LogP contribution in [0, 0.1) is 0 Å². The van der Waals surface area contributed by atoms with Gasteiger partial charge in [-0.2, -0.15) is 0 Å². The number of para-hydroxylation sites is 1. The summed E-state index contributed by atoms with van der Waals surface area (Å²) < 4.78 is 0. The molecule has 0 aliphatic rings. The molecule has 3 nitrogen and oxygen atoms in total. The lowest BCUT2D eigenvalue weighted by Crippen LogP contribution is -2.29. The van der Waals surface area contributed by atoms with Crippen LogP contribution in [0.25, 0.3) is 0 Å². The average Bonchev–Trinajstić information content (AvgIpc) is 2.60. The Morgan fingerprint density at radius 1 is 1.12 bits per heavy atom. The van der Waals surface area contributed by atoms with Crippen molar-refractivity contribution in [3.05, 3.63) is 59.7 Å². The van der Waals surface area contributed by atoms with Gasteiger partial charge >= 0.3 is 0 Å². The molecule has 0 saturated heterocycles. The van der Waals surface area contributed by atoms with Gasteiger partial charge in [-0.3, -0.25) is 9.69 Å². The number of nitrogens with zero attached hydrogens (tertiary/aromatic N) is 1. The molecule has 0 atom stereocenters. The van der Waals surface area contributed by atoms with Crippen LogP contribution < -0.4 is 5.32 Å². The Bertz CT molecular complexity index is 668. The maximum atomic E-state index is 12.4. The molecule has 0 spiro atoms. The number of thioether (sulfide) groups is 1. The molecule has 2 rings (SSSR count). The molecule has 4 heteroatoms. The second-order valence-corrected chi connectivity index (χ2v) is 6.86. The second kappa shape index (κ2) is 8.90. The Kier molecular flexibility index (Phi) is 6.88. The van der Waals surface area contributed by atoms with E-state index in [1.54, 1.807) is 11.8 Å². The molecule has 0 unspecified atom stereocenters. The van der Waals surface area contributed by atoms with E-state index in [4.69, 9.17) is 0 Å². The lowest BCUT2D eigenvalue weighted by molar-refractivity contribution is 0.102. The van der Waals surface area contributed by atoms with E-state index in [1.807, 2.05) is 54.8 Å². The first-order chi connectivity index (χ1) is 11.5. The van der Waals surface area contributed by atoms with Crippen LogP contribution in [-0.4, -0.2) is 29.6 Å². The molecule has 1 amide bonds. The summed E-state index contributed by atoms with van der Waals surface area (Å²) >= 11 is 1.63. The van der Waals surface area contributed by atoms with Gasteiger partial charge in [-0.05, 0) is 56.5 Å². The SMILES string of the molecule is CCN(Cc1ccc(C(=O)Nc2ccccc2SC)cc1)C(C)C. The fourth-order valence-corrected chi connectivity index (χ4v) is 3.15. The highest BCUT2D eigenvalue weighted by Crippen LogP contribution is 2.25. The van der Waals surface area contributed by atoms with E-state index in [0.29, 0.717) is 11.6 Å². The largest absolute Gasteiger partial charge is 0.321 e. The summed E-state index contributed by atoms with van der Waals surface area (Å²) in [4.78, 5) is 15.9. The molecule has 0 heterocycles. The molecular formula is C20H26N2OS. The van der Waals surface area contributed by atoms with Crippen molar-refractivity contribution in [1.82, 2.24) is 4.90 Å². The minimum atomic E-state index is -0.0701. The normalized spacial score (nSPS) is 11.1. The number of hydrogen-bond donors (Lipinski definition) is 1. The molecule has 0 aromatic heterocycles. The molecule has 1 N–H and O–H groups in total. The molecule has 0 aliphatic carbocycles. The predicted octanol–water partition coefficient (Wildman–Crippen LogP) is 4.89. The van der Waals surface area contributed by atoms with Crippen LogP contribution in [0.4, 0.5) is 5.69 Å². The van der Waals surface area contributed by atoms with Crippen molar-refractivity contribution < 1.29 is 4.79 Å². The molecule has 24 heavy (non-hydrogen) atoms. The Balaban J connectivity index is 2.06. The summed E-state index contributed by atoms with van der Waals surface area (Å²) in [6.45, 7) is 8.50. The minimum Gasteiger partial charge on any atom is -0.321 e. The van der Waals surface area contributed by atoms with Gasteiger partial charge in [-0.15, -0.1) is 11.8 Å². The van der Waals surface area contributed by atoms with Gasteiger partial charge in [0.1, 0.15) is 0 Å². The lowest BCUT2D eigenvalue weighted by Gasteiger charge is -2.24. The molecule has 0 saturated carbocycles. The maximum absolute atomic E-state index is 12.4. The molecule has 0 aliphatic heterocycles. The first-order valence-electron chi connectivity index (χ1n) is 8.32. The van der Waals surface area contributed by atoms with Gasteiger partial charge in [-0.25, -0.2) is 0 Å². The molecule has 0 fully saturated rings. The van der Waals surface area contributed by atoms with Crippen LogP contribution in [0.1, 0.15) is 36.7 Å². The first kappa shape index (κ1) is 18.6. The van der Waals surface area contributed by atoms with E-state index >= 15 is 0 Å². The molecule has 0 bridgehead atoms. The smallest absolute Gasteiger partial charge is 0.255 e. The first-order valence-corrected chi connectivity index (χ1v) is 9.55. The van der Waals surface area contributed by atoms with E-state index in [0.717, 1.165) is 23.7 Å². The average molecular weight is 343 g/mol. The third-order valence-electron chi connectivity index (χ3n) is 4.09. The molecule has 0 radical (unpaired) electrons. The predicted molar refractivity (Wildman–Crippen MR) is 104 cm³/mol. The number of carbonyl (C=O) groups is 1. The van der Waals surface area contributed by atoms with Gasteiger partial charge < -0.3 is 5.32 Å².